The Morgan fingerprint density at radius 1 is 1.40 bits per heavy atom. The Labute approximate surface area is 96.6 Å². The van der Waals surface area contributed by atoms with Crippen LogP contribution in [0.2, 0.25) is 0 Å². The van der Waals surface area contributed by atoms with E-state index < -0.39 is 11.2 Å². The standard InChI is InChI=1S/C11H23NO2S/c1-10(13,9-15-2)7-12-8-11(14)5-3-4-6-11/h12-14H,3-9H2,1-2H3. The normalized spacial score (nSPS) is 24.0. The summed E-state index contributed by atoms with van der Waals surface area (Å²) in [5.74, 6) is 0.721. The van der Waals surface area contributed by atoms with E-state index in [9.17, 15) is 10.2 Å². The number of rotatable bonds is 6. The second-order valence-corrected chi connectivity index (χ2v) is 5.83. The molecule has 3 nitrogen and oxygen atoms in total. The Hall–Kier alpha value is 0.230. The smallest absolute Gasteiger partial charge is 0.0833 e. The molecule has 4 heteroatoms. The van der Waals surface area contributed by atoms with Crippen LogP contribution in [0, 0.1) is 0 Å². The number of aliphatic hydroxyl groups is 2. The lowest BCUT2D eigenvalue weighted by molar-refractivity contribution is 0.0348. The van der Waals surface area contributed by atoms with Crippen molar-refractivity contribution in [3.63, 3.8) is 0 Å². The van der Waals surface area contributed by atoms with Gasteiger partial charge in [0, 0.05) is 18.8 Å². The molecule has 1 saturated carbocycles. The maximum absolute atomic E-state index is 10.1. The highest BCUT2D eigenvalue weighted by atomic mass is 32.2. The third-order valence-corrected chi connectivity index (χ3v) is 3.86. The fourth-order valence-electron chi connectivity index (χ4n) is 2.14. The number of hydrogen-bond donors (Lipinski definition) is 3. The second kappa shape index (κ2) is 5.53. The van der Waals surface area contributed by atoms with Crippen LogP contribution in [-0.4, -0.2) is 46.5 Å². The van der Waals surface area contributed by atoms with Crippen LogP contribution in [0.15, 0.2) is 0 Å². The predicted octanol–water partition coefficient (Wildman–Crippen LogP) is 0.995. The molecule has 15 heavy (non-hydrogen) atoms. The molecule has 1 atom stereocenters. The minimum absolute atomic E-state index is 0.518. The summed E-state index contributed by atoms with van der Waals surface area (Å²) in [5, 5.41) is 23.2. The largest absolute Gasteiger partial charge is 0.389 e. The lowest BCUT2D eigenvalue weighted by Crippen LogP contribution is -2.46. The summed E-state index contributed by atoms with van der Waals surface area (Å²) in [6, 6.07) is 0. The third-order valence-electron chi connectivity index (χ3n) is 2.95. The highest BCUT2D eigenvalue weighted by Crippen LogP contribution is 2.28. The summed E-state index contributed by atoms with van der Waals surface area (Å²) < 4.78 is 0. The van der Waals surface area contributed by atoms with E-state index in [0.717, 1.165) is 31.4 Å². The van der Waals surface area contributed by atoms with Crippen molar-refractivity contribution in [2.45, 2.75) is 43.8 Å². The van der Waals surface area contributed by atoms with Gasteiger partial charge in [0.1, 0.15) is 0 Å². The molecule has 0 heterocycles. The molecule has 0 aromatic carbocycles. The van der Waals surface area contributed by atoms with E-state index in [-0.39, 0.29) is 0 Å². The molecule has 0 aromatic heterocycles. The predicted molar refractivity (Wildman–Crippen MR) is 65.3 cm³/mol. The van der Waals surface area contributed by atoms with Gasteiger partial charge in [0.2, 0.25) is 0 Å². The fourth-order valence-corrected chi connectivity index (χ4v) is 2.86. The van der Waals surface area contributed by atoms with Crippen molar-refractivity contribution in [1.29, 1.82) is 0 Å². The lowest BCUT2D eigenvalue weighted by Gasteiger charge is -2.27. The van der Waals surface area contributed by atoms with Crippen molar-refractivity contribution in [3.8, 4) is 0 Å². The molecule has 3 N–H and O–H groups in total. The van der Waals surface area contributed by atoms with Gasteiger partial charge in [0.15, 0.2) is 0 Å². The van der Waals surface area contributed by atoms with Gasteiger partial charge < -0.3 is 15.5 Å². The van der Waals surface area contributed by atoms with Crippen molar-refractivity contribution in [2.24, 2.45) is 0 Å². The topological polar surface area (TPSA) is 52.5 Å². The van der Waals surface area contributed by atoms with Crippen LogP contribution in [0.5, 0.6) is 0 Å². The zero-order valence-corrected chi connectivity index (χ0v) is 10.6. The van der Waals surface area contributed by atoms with Crippen molar-refractivity contribution < 1.29 is 10.2 Å². The van der Waals surface area contributed by atoms with Gasteiger partial charge in [0.05, 0.1) is 11.2 Å². The second-order valence-electron chi connectivity index (χ2n) is 4.96. The van der Waals surface area contributed by atoms with E-state index >= 15 is 0 Å². The molecular weight excluding hydrogens is 210 g/mol. The van der Waals surface area contributed by atoms with E-state index in [1.807, 2.05) is 13.2 Å². The Kier molecular flexibility index (Phi) is 4.90. The summed E-state index contributed by atoms with van der Waals surface area (Å²) in [7, 11) is 0. The van der Waals surface area contributed by atoms with E-state index in [1.165, 1.54) is 0 Å². The zero-order chi connectivity index (χ0) is 11.4. The monoisotopic (exact) mass is 233 g/mol. The SMILES string of the molecule is CSCC(C)(O)CNCC1(O)CCCC1. The number of hydrogen-bond acceptors (Lipinski definition) is 4. The van der Waals surface area contributed by atoms with Crippen LogP contribution in [0.4, 0.5) is 0 Å². The zero-order valence-electron chi connectivity index (χ0n) is 9.75. The average molecular weight is 233 g/mol. The third kappa shape index (κ3) is 4.72. The molecular formula is C11H23NO2S. The van der Waals surface area contributed by atoms with E-state index in [4.69, 9.17) is 0 Å². The molecule has 0 saturated heterocycles. The molecule has 0 aromatic rings. The minimum atomic E-state index is -0.672. The molecule has 0 spiro atoms. The Bertz CT molecular complexity index is 191. The molecule has 1 rings (SSSR count). The van der Waals surface area contributed by atoms with Gasteiger partial charge in [-0.3, -0.25) is 0 Å². The van der Waals surface area contributed by atoms with Crippen molar-refractivity contribution >= 4 is 11.8 Å². The Balaban J connectivity index is 2.20. The van der Waals surface area contributed by atoms with Gasteiger partial charge in [0.25, 0.3) is 0 Å². The average Bonchev–Trinajstić information content (AvgIpc) is 2.51. The molecule has 1 unspecified atom stereocenters. The van der Waals surface area contributed by atoms with Gasteiger partial charge in [-0.05, 0) is 26.0 Å². The quantitative estimate of drug-likeness (QED) is 0.640. The maximum atomic E-state index is 10.1. The van der Waals surface area contributed by atoms with Gasteiger partial charge in [-0.2, -0.15) is 11.8 Å². The van der Waals surface area contributed by atoms with Crippen LogP contribution in [0.1, 0.15) is 32.6 Å². The van der Waals surface area contributed by atoms with Crippen LogP contribution in [-0.2, 0) is 0 Å². The van der Waals surface area contributed by atoms with Crippen LogP contribution < -0.4 is 5.32 Å². The maximum Gasteiger partial charge on any atom is 0.0833 e. The molecule has 0 radical (unpaired) electrons. The van der Waals surface area contributed by atoms with E-state index in [0.29, 0.717) is 13.1 Å². The molecule has 0 bridgehead atoms. The first-order chi connectivity index (χ1) is 6.97. The van der Waals surface area contributed by atoms with E-state index in [1.54, 1.807) is 11.8 Å². The summed E-state index contributed by atoms with van der Waals surface area (Å²) in [6.45, 7) is 2.99. The van der Waals surface area contributed by atoms with Gasteiger partial charge in [-0.25, -0.2) is 0 Å². The number of thioether (sulfide) groups is 1. The van der Waals surface area contributed by atoms with Crippen LogP contribution >= 0.6 is 11.8 Å². The number of nitrogens with one attached hydrogen (secondary N) is 1. The van der Waals surface area contributed by atoms with Gasteiger partial charge >= 0.3 is 0 Å². The van der Waals surface area contributed by atoms with Crippen molar-refractivity contribution in [2.75, 3.05) is 25.1 Å². The van der Waals surface area contributed by atoms with Gasteiger partial charge in [-0.15, -0.1) is 0 Å². The summed E-state index contributed by atoms with van der Waals surface area (Å²) in [4.78, 5) is 0. The first-order valence-electron chi connectivity index (χ1n) is 5.62. The van der Waals surface area contributed by atoms with Crippen LogP contribution in [0.3, 0.4) is 0 Å². The van der Waals surface area contributed by atoms with Crippen LogP contribution in [0.25, 0.3) is 0 Å². The summed E-state index contributed by atoms with van der Waals surface area (Å²) in [6.07, 6.45) is 6.02. The first-order valence-corrected chi connectivity index (χ1v) is 7.01. The molecule has 1 fully saturated rings. The Morgan fingerprint density at radius 2 is 2.00 bits per heavy atom. The minimum Gasteiger partial charge on any atom is -0.389 e. The fraction of sp³-hybridized carbons (Fsp3) is 1.00. The van der Waals surface area contributed by atoms with Gasteiger partial charge in [-0.1, -0.05) is 12.8 Å². The molecule has 90 valence electrons. The molecule has 1 aliphatic rings. The highest BCUT2D eigenvalue weighted by Gasteiger charge is 2.31. The summed E-state index contributed by atoms with van der Waals surface area (Å²) >= 11 is 1.64. The lowest BCUT2D eigenvalue weighted by atomic mass is 10.0. The van der Waals surface area contributed by atoms with Crippen molar-refractivity contribution in [3.05, 3.63) is 0 Å². The molecule has 0 aliphatic heterocycles. The van der Waals surface area contributed by atoms with Crippen molar-refractivity contribution in [1.82, 2.24) is 5.32 Å². The van der Waals surface area contributed by atoms with E-state index in [2.05, 4.69) is 5.32 Å². The Morgan fingerprint density at radius 3 is 2.53 bits per heavy atom. The molecule has 1 aliphatic carbocycles. The molecule has 0 amide bonds. The summed E-state index contributed by atoms with van der Waals surface area (Å²) in [5.41, 5.74) is -1.19. The highest BCUT2D eigenvalue weighted by molar-refractivity contribution is 7.98. The first kappa shape index (κ1) is 13.3.